The fourth-order valence-electron chi connectivity index (χ4n) is 16.1. The second-order valence-corrected chi connectivity index (χ2v) is 39.2. The Morgan fingerprint density at radius 3 is 1.69 bits per heavy atom. The minimum absolute atomic E-state index is 0.0405. The summed E-state index contributed by atoms with van der Waals surface area (Å²) >= 11 is 9.20. The number of carbonyl (C=O) groups excluding carboxylic acids is 6. The minimum Gasteiger partial charge on any atom is -0.496 e. The van der Waals surface area contributed by atoms with E-state index in [9.17, 15) is 58.1 Å². The first-order valence-electron chi connectivity index (χ1n) is 47.2. The van der Waals surface area contributed by atoms with Crippen LogP contribution in [0.15, 0.2) is 249 Å². The molecule has 0 atom stereocenters. The Hall–Kier alpha value is -14.2. The number of benzene rings is 8. The number of ketones is 2. The standard InChI is InChI=1S/C32H31N5O4S.C28H31N5O7S.C26H30N4O3S.C19H23N5O2S/c1-22(38)24-10-12-29(41-2)26(17-24)20-42-32-35-28-18-25(30(39)34-13-6-15-36-16-14-33-21-36)9-11-27(28)31(40)37(32)19-23-7-4-3-5-8-23;1-2-7-32-27(35)23-5-4-19(26(34)29-6-3-8-31-9-11-38-12-10-31)15-24(23)30-28(32)41-17-21-14-22(33(36)37)13-20-16-39-18-40-25(20)21;1-26(2,3)22(31)17-34-25-27-21-16-18(23(32)29-14-12-28(4)13-15-29)10-11-20(21)24(33)30(25)19-8-6-5-7-9-19;1-13(2)11-24-18(26)15-5-4-14(10-16(15)22-19(24)27)17(25)21-6-3-8-23-9-7-20-12-23/h3-5,7-12,14,16-18,21H,6,13,15,19-20H2,1-2H3,(H,34,39);2,4-5,13-15H,1,3,6-12,16-18H2,(H,29,34);5-11,16H,12-15,17H2,1-4H3;4-5,7,9-10,12-13H,3,6,8,11H2,1-2H3,(H,21,25)(H,22,27). The summed E-state index contributed by atoms with van der Waals surface area (Å²) in [6, 6.07) is 47.2. The molecule has 0 aliphatic carbocycles. The molecule has 39 heteroatoms. The van der Waals surface area contributed by atoms with Crippen LogP contribution in [-0.4, -0.2) is 217 Å². The summed E-state index contributed by atoms with van der Waals surface area (Å²) in [7, 11) is 3.63. The number of aromatic nitrogens is 12. The molecule has 17 rings (SSSR count). The maximum absolute atomic E-state index is 13.8. The normalized spacial score (nSPS) is 13.2. The van der Waals surface area contributed by atoms with Crippen molar-refractivity contribution in [3.8, 4) is 17.2 Å². The highest BCUT2D eigenvalue weighted by molar-refractivity contribution is 7.99. The average Bonchev–Trinajstić information content (AvgIpc) is 0.860. The second-order valence-electron chi connectivity index (χ2n) is 36.0. The van der Waals surface area contributed by atoms with Crippen LogP contribution in [0.4, 0.5) is 5.69 Å². The third kappa shape index (κ3) is 27.6. The van der Waals surface area contributed by atoms with Crippen LogP contribution in [0.1, 0.15) is 135 Å². The van der Waals surface area contributed by atoms with E-state index in [4.69, 9.17) is 46.1 Å². The molecule has 2 fully saturated rings. The molecule has 0 saturated carbocycles. The van der Waals surface area contributed by atoms with Gasteiger partial charge in [0.05, 0.1) is 106 Å². The summed E-state index contributed by atoms with van der Waals surface area (Å²) in [5.41, 5.74) is 6.64. The monoisotopic (exact) mass is 2030 g/mol. The van der Waals surface area contributed by atoms with Gasteiger partial charge in [-0.3, -0.25) is 81.2 Å². The summed E-state index contributed by atoms with van der Waals surface area (Å²) in [6.45, 7) is 26.7. The highest BCUT2D eigenvalue weighted by Gasteiger charge is 2.29. The number of nitro groups is 1. The van der Waals surface area contributed by atoms with Crippen molar-refractivity contribution < 1.29 is 52.6 Å². The third-order valence-electron chi connectivity index (χ3n) is 24.0. The first kappa shape index (κ1) is 106. The molecule has 750 valence electrons. The summed E-state index contributed by atoms with van der Waals surface area (Å²) in [5, 5.41) is 23.4. The van der Waals surface area contributed by atoms with Crippen LogP contribution in [0, 0.1) is 26.2 Å². The Balaban J connectivity index is 0.000000154. The Morgan fingerprint density at radius 1 is 0.597 bits per heavy atom. The zero-order valence-corrected chi connectivity index (χ0v) is 84.7. The number of nitrogens with one attached hydrogen (secondary N) is 4. The molecule has 14 aromatic rings. The van der Waals surface area contributed by atoms with Gasteiger partial charge < -0.3 is 58.8 Å². The predicted molar refractivity (Wildman–Crippen MR) is 560 cm³/mol. The fourth-order valence-corrected chi connectivity index (χ4v) is 19.4. The molecule has 4 N–H and O–H groups in total. The predicted octanol–water partition coefficient (Wildman–Crippen LogP) is 14.3. The van der Waals surface area contributed by atoms with Gasteiger partial charge in [0.15, 0.2) is 32.8 Å². The summed E-state index contributed by atoms with van der Waals surface area (Å²) in [5.74, 6) is 1.74. The van der Waals surface area contributed by atoms with E-state index in [0.29, 0.717) is 177 Å². The van der Waals surface area contributed by atoms with E-state index in [1.807, 2.05) is 135 Å². The Morgan fingerprint density at radius 2 is 1.12 bits per heavy atom. The van der Waals surface area contributed by atoms with Crippen LogP contribution >= 0.6 is 47.5 Å². The number of piperazine rings is 1. The van der Waals surface area contributed by atoms with E-state index in [1.165, 1.54) is 58.9 Å². The number of fused-ring (bicyclic) bond motifs is 5. The van der Waals surface area contributed by atoms with Gasteiger partial charge >= 0.3 is 0 Å². The molecule has 8 aromatic carbocycles. The fraction of sp³-hybridized carbons (Fsp3) is 0.333. The van der Waals surface area contributed by atoms with Crippen molar-refractivity contribution in [2.24, 2.45) is 11.3 Å². The van der Waals surface area contributed by atoms with Crippen molar-refractivity contribution in [1.82, 2.24) is 88.0 Å². The number of hydrogen-bond acceptors (Lipinski definition) is 27. The van der Waals surface area contributed by atoms with Gasteiger partial charge in [0, 0.05) is 183 Å². The van der Waals surface area contributed by atoms with Crippen LogP contribution < -0.4 is 47.7 Å². The molecule has 35 nitrogen and oxygen atoms in total. The van der Waals surface area contributed by atoms with E-state index in [1.54, 1.807) is 137 Å². The number of non-ortho nitro benzene ring substituents is 1. The number of nitro benzene ring substituents is 1. The summed E-state index contributed by atoms with van der Waals surface area (Å²) in [6.07, 6.45) is 14.7. The van der Waals surface area contributed by atoms with E-state index < -0.39 is 10.3 Å². The van der Waals surface area contributed by atoms with Crippen LogP contribution in [0.25, 0.3) is 49.3 Å². The summed E-state index contributed by atoms with van der Waals surface area (Å²) in [4.78, 5) is 172. The number of allylic oxidation sites excluding steroid dienone is 1. The number of amides is 4. The number of para-hydroxylation sites is 1. The number of imidazole rings is 2. The molecule has 3 aliphatic heterocycles. The van der Waals surface area contributed by atoms with Crippen molar-refractivity contribution in [3.63, 3.8) is 0 Å². The van der Waals surface area contributed by atoms with Crippen molar-refractivity contribution in [1.29, 1.82) is 0 Å². The Labute approximate surface area is 848 Å². The first-order chi connectivity index (χ1) is 69.5. The number of Topliss-reactive ketones (excluding diaryl/α,β-unsaturated/α-hetero) is 2. The van der Waals surface area contributed by atoms with E-state index >= 15 is 0 Å². The lowest BCUT2D eigenvalue weighted by atomic mass is 9.92. The SMILES string of the molecule is C=CCn1c(SCc2cc([N+](=O)[O-])cc3c2OCOC3)nc2cc(C(=O)NCCCN3CCOCC3)ccc2c1=O.CC(C)Cn1c(=S)[nH]c2cc(C(=O)NCCCn3ccnc3)ccc2c1=O.CN1CCN(C(=O)c2ccc3c(=O)n(-c4ccccc4)c(SCC(=O)C(C)(C)C)nc3c2)CC1.COc1ccc(C(C)=O)cc1CSc1nc2cc(C(=O)NCCCn3ccnc3)ccc2c(=O)n1Cc1ccccc1. The van der Waals surface area contributed by atoms with Crippen molar-refractivity contribution in [3.05, 3.63) is 320 Å². The van der Waals surface area contributed by atoms with Crippen LogP contribution in [-0.2, 0) is 65.1 Å². The maximum atomic E-state index is 13.8. The average molecular weight is 2030 g/mol. The van der Waals surface area contributed by atoms with Gasteiger partial charge in [0.1, 0.15) is 17.3 Å². The highest BCUT2D eigenvalue weighted by atomic mass is 32.2. The molecule has 3 aliphatic rings. The lowest BCUT2D eigenvalue weighted by molar-refractivity contribution is -0.385. The van der Waals surface area contributed by atoms with E-state index in [-0.39, 0.29) is 94.6 Å². The molecule has 9 heterocycles. The smallest absolute Gasteiger partial charge is 0.270 e. The van der Waals surface area contributed by atoms with Crippen molar-refractivity contribution in [2.75, 3.05) is 105 Å². The molecule has 2 saturated heterocycles. The largest absolute Gasteiger partial charge is 0.496 e. The Bertz CT molecular complexity index is 7320. The lowest BCUT2D eigenvalue weighted by Gasteiger charge is -2.32. The number of nitrogens with zero attached hydrogens (tertiary/aromatic N) is 15. The number of carbonyl (C=O) groups is 6. The van der Waals surface area contributed by atoms with Gasteiger partial charge in [0.25, 0.3) is 51.6 Å². The minimum atomic E-state index is -0.482. The van der Waals surface area contributed by atoms with E-state index in [2.05, 4.69) is 47.3 Å². The van der Waals surface area contributed by atoms with Crippen LogP contribution in [0.2, 0.25) is 0 Å². The molecular weight excluding hydrogens is 1910 g/mol. The highest BCUT2D eigenvalue weighted by Crippen LogP contribution is 2.38. The second kappa shape index (κ2) is 50.2. The number of thioether (sulfide) groups is 3. The maximum Gasteiger partial charge on any atom is 0.270 e. The number of aryl methyl sites for hydroxylation is 2. The molecule has 4 amide bonds. The molecule has 0 unspecified atom stereocenters. The number of H-pyrrole nitrogens is 1. The van der Waals surface area contributed by atoms with Gasteiger partial charge in [-0.2, -0.15) is 0 Å². The molecule has 0 bridgehead atoms. The molecular formula is C105H115N19O16S4. The number of ether oxygens (including phenoxy) is 4. The summed E-state index contributed by atoms with van der Waals surface area (Å²) < 4.78 is 32.4. The van der Waals surface area contributed by atoms with E-state index in [0.717, 1.165) is 89.4 Å². The van der Waals surface area contributed by atoms with Crippen molar-refractivity contribution >= 4 is 132 Å². The lowest BCUT2D eigenvalue weighted by Crippen LogP contribution is -2.47. The van der Waals surface area contributed by atoms with Crippen molar-refractivity contribution in [2.45, 2.75) is 127 Å². The van der Waals surface area contributed by atoms with Gasteiger partial charge in [-0.05, 0) is 167 Å². The number of morpholine rings is 1. The number of likely N-dealkylation sites (N-methyl/N-ethyl adjacent to an activating group) is 1. The zero-order chi connectivity index (χ0) is 102. The molecule has 0 radical (unpaired) electrons. The van der Waals surface area contributed by atoms with Gasteiger partial charge in [-0.15, -0.1) is 6.58 Å². The van der Waals surface area contributed by atoms with Crippen LogP contribution in [0.5, 0.6) is 11.5 Å². The number of aromatic amines is 1. The van der Waals surface area contributed by atoms with Crippen LogP contribution in [0.3, 0.4) is 0 Å². The zero-order valence-electron chi connectivity index (χ0n) is 81.5. The van der Waals surface area contributed by atoms with Gasteiger partial charge in [-0.25, -0.2) is 24.9 Å². The number of methoxy groups -OCH3 is 1. The molecule has 144 heavy (non-hydrogen) atoms. The Kier molecular flexibility index (Phi) is 36.8. The molecule has 6 aromatic heterocycles. The quantitative estimate of drug-likeness (QED) is 0.00419. The number of hydrogen-bond donors (Lipinski definition) is 4. The number of rotatable bonds is 35. The van der Waals surface area contributed by atoms with Gasteiger partial charge in [-0.1, -0.05) is 125 Å². The first-order valence-corrected chi connectivity index (χ1v) is 50.6. The topological polar surface area (TPSA) is 406 Å². The third-order valence-corrected chi connectivity index (χ3v) is 27.3. The van der Waals surface area contributed by atoms with Gasteiger partial charge in [0.2, 0.25) is 0 Å². The molecule has 0 spiro atoms.